The predicted molar refractivity (Wildman–Crippen MR) is 74.7 cm³/mol. The number of nitrogens with zero attached hydrogens (tertiary/aromatic N) is 1. The van der Waals surface area contributed by atoms with Crippen LogP contribution in [0.5, 0.6) is 0 Å². The quantitative estimate of drug-likeness (QED) is 0.763. The Balaban J connectivity index is 2.12. The van der Waals surface area contributed by atoms with Crippen molar-refractivity contribution in [2.24, 2.45) is 5.73 Å². The van der Waals surface area contributed by atoms with E-state index in [-0.39, 0.29) is 29.4 Å². The van der Waals surface area contributed by atoms with Gasteiger partial charge in [0.2, 0.25) is 0 Å². The Kier molecular flexibility index (Phi) is 3.80. The molecular formula is C14H27N3O2. The Morgan fingerprint density at radius 2 is 1.84 bits per heavy atom. The predicted octanol–water partition coefficient (Wildman–Crippen LogP) is 1.81. The van der Waals surface area contributed by atoms with Crippen molar-refractivity contribution in [2.75, 3.05) is 6.61 Å². The van der Waals surface area contributed by atoms with Gasteiger partial charge in [-0.2, -0.15) is 0 Å². The zero-order chi connectivity index (χ0) is 14.3. The highest BCUT2D eigenvalue weighted by Gasteiger charge is 2.47. The van der Waals surface area contributed by atoms with Crippen molar-refractivity contribution in [3.8, 4) is 0 Å². The molecular weight excluding hydrogens is 242 g/mol. The Labute approximate surface area is 115 Å². The molecule has 0 aromatic carbocycles. The molecule has 19 heavy (non-hydrogen) atoms. The van der Waals surface area contributed by atoms with E-state index in [0.717, 1.165) is 32.3 Å². The molecule has 2 heterocycles. The highest BCUT2D eigenvalue weighted by molar-refractivity contribution is 5.76. The number of piperidine rings is 1. The fraction of sp³-hybridized carbons (Fsp3) is 0.929. The van der Waals surface area contributed by atoms with Crippen molar-refractivity contribution in [3.05, 3.63) is 0 Å². The molecule has 2 rings (SSSR count). The minimum Gasteiger partial charge on any atom is -0.358 e. The zero-order valence-corrected chi connectivity index (χ0v) is 12.5. The lowest BCUT2D eigenvalue weighted by molar-refractivity contribution is -0.00573. The standard InChI is InChI=1S/C14H27N3O2/c1-13(2)8-10(15)9-14(3,4)17(13)12(18)16-11-6-5-7-19-11/h10-11H,5-9,15H2,1-4H3,(H,16,18). The molecule has 0 spiro atoms. The van der Waals surface area contributed by atoms with Gasteiger partial charge in [-0.3, -0.25) is 0 Å². The number of nitrogens with one attached hydrogen (secondary N) is 1. The summed E-state index contributed by atoms with van der Waals surface area (Å²) in [5.74, 6) is 0. The summed E-state index contributed by atoms with van der Waals surface area (Å²) in [7, 11) is 0. The van der Waals surface area contributed by atoms with Crippen molar-refractivity contribution >= 4 is 6.03 Å². The zero-order valence-electron chi connectivity index (χ0n) is 12.5. The molecule has 0 aromatic heterocycles. The van der Waals surface area contributed by atoms with Crippen molar-refractivity contribution in [3.63, 3.8) is 0 Å². The first kappa shape index (κ1) is 14.6. The average molecular weight is 269 g/mol. The van der Waals surface area contributed by atoms with Crippen LogP contribution in [-0.2, 0) is 4.74 Å². The fourth-order valence-corrected chi connectivity index (χ4v) is 3.80. The fourth-order valence-electron chi connectivity index (χ4n) is 3.80. The Morgan fingerprint density at radius 1 is 1.26 bits per heavy atom. The van der Waals surface area contributed by atoms with Crippen LogP contribution >= 0.6 is 0 Å². The molecule has 0 radical (unpaired) electrons. The topological polar surface area (TPSA) is 67.6 Å². The van der Waals surface area contributed by atoms with E-state index in [2.05, 4.69) is 33.0 Å². The van der Waals surface area contributed by atoms with Gasteiger partial charge >= 0.3 is 6.03 Å². The molecule has 0 saturated carbocycles. The molecule has 1 atom stereocenters. The molecule has 2 fully saturated rings. The number of hydrogen-bond donors (Lipinski definition) is 2. The second kappa shape index (κ2) is 4.94. The first-order valence-electron chi connectivity index (χ1n) is 7.20. The molecule has 2 amide bonds. The molecule has 2 aliphatic rings. The molecule has 1 unspecified atom stereocenters. The van der Waals surface area contributed by atoms with Gasteiger partial charge in [0.1, 0.15) is 6.23 Å². The van der Waals surface area contributed by atoms with Gasteiger partial charge in [0.15, 0.2) is 0 Å². The van der Waals surface area contributed by atoms with Gasteiger partial charge in [0.05, 0.1) is 0 Å². The van der Waals surface area contributed by atoms with Gasteiger partial charge in [0, 0.05) is 23.7 Å². The number of rotatable bonds is 1. The lowest BCUT2D eigenvalue weighted by atomic mass is 9.77. The van der Waals surface area contributed by atoms with Crippen LogP contribution in [-0.4, -0.2) is 40.9 Å². The van der Waals surface area contributed by atoms with Gasteiger partial charge in [-0.15, -0.1) is 0 Å². The Bertz CT molecular complexity index is 331. The summed E-state index contributed by atoms with van der Waals surface area (Å²) in [6, 6.07) is 0.116. The second-order valence-corrected chi connectivity index (χ2v) is 7.08. The van der Waals surface area contributed by atoms with E-state index < -0.39 is 0 Å². The van der Waals surface area contributed by atoms with Crippen LogP contribution in [0.4, 0.5) is 4.79 Å². The van der Waals surface area contributed by atoms with Crippen molar-refractivity contribution < 1.29 is 9.53 Å². The largest absolute Gasteiger partial charge is 0.358 e. The Hall–Kier alpha value is -0.810. The number of amides is 2. The molecule has 3 N–H and O–H groups in total. The summed E-state index contributed by atoms with van der Waals surface area (Å²) in [6.45, 7) is 9.08. The van der Waals surface area contributed by atoms with Crippen LogP contribution < -0.4 is 11.1 Å². The first-order chi connectivity index (χ1) is 8.72. The summed E-state index contributed by atoms with van der Waals surface area (Å²) in [5, 5.41) is 3.00. The monoisotopic (exact) mass is 269 g/mol. The number of urea groups is 1. The third-order valence-electron chi connectivity index (χ3n) is 4.15. The van der Waals surface area contributed by atoms with Gasteiger partial charge in [-0.05, 0) is 53.4 Å². The van der Waals surface area contributed by atoms with Gasteiger partial charge < -0.3 is 20.7 Å². The molecule has 2 aliphatic heterocycles. The Morgan fingerprint density at radius 3 is 2.32 bits per heavy atom. The third kappa shape index (κ3) is 3.03. The summed E-state index contributed by atoms with van der Waals surface area (Å²) < 4.78 is 5.49. The lowest BCUT2D eigenvalue weighted by Gasteiger charge is -2.54. The van der Waals surface area contributed by atoms with Crippen LogP contribution in [0.15, 0.2) is 0 Å². The normalized spacial score (nSPS) is 30.4. The highest BCUT2D eigenvalue weighted by Crippen LogP contribution is 2.37. The van der Waals surface area contributed by atoms with E-state index in [1.54, 1.807) is 0 Å². The van der Waals surface area contributed by atoms with Gasteiger partial charge in [-0.25, -0.2) is 4.79 Å². The number of likely N-dealkylation sites (tertiary alicyclic amines) is 1. The van der Waals surface area contributed by atoms with Crippen LogP contribution in [0, 0.1) is 0 Å². The second-order valence-electron chi connectivity index (χ2n) is 7.08. The maximum atomic E-state index is 12.6. The minimum atomic E-state index is -0.232. The van der Waals surface area contributed by atoms with Crippen LogP contribution in [0.25, 0.3) is 0 Å². The van der Waals surface area contributed by atoms with Gasteiger partial charge in [0.25, 0.3) is 0 Å². The maximum absolute atomic E-state index is 12.6. The number of nitrogens with two attached hydrogens (primary N) is 1. The summed E-state index contributed by atoms with van der Waals surface area (Å²) in [6.07, 6.45) is 3.45. The smallest absolute Gasteiger partial charge is 0.320 e. The minimum absolute atomic E-state index is 0.0335. The van der Waals surface area contributed by atoms with E-state index in [0.29, 0.717) is 0 Å². The van der Waals surface area contributed by atoms with Crippen LogP contribution in [0.3, 0.4) is 0 Å². The van der Waals surface area contributed by atoms with E-state index in [1.807, 2.05) is 4.90 Å². The summed E-state index contributed by atoms with van der Waals surface area (Å²) in [5.41, 5.74) is 5.66. The number of ether oxygens (including phenoxy) is 1. The highest BCUT2D eigenvalue weighted by atomic mass is 16.5. The summed E-state index contributed by atoms with van der Waals surface area (Å²) in [4.78, 5) is 14.5. The number of hydrogen-bond acceptors (Lipinski definition) is 3. The molecule has 5 heteroatoms. The first-order valence-corrected chi connectivity index (χ1v) is 7.20. The molecule has 0 aliphatic carbocycles. The lowest BCUT2D eigenvalue weighted by Crippen LogP contribution is -2.67. The number of carbonyl (C=O) groups excluding carboxylic acids is 1. The van der Waals surface area contributed by atoms with Crippen molar-refractivity contribution in [1.29, 1.82) is 0 Å². The van der Waals surface area contributed by atoms with Crippen LogP contribution in [0.2, 0.25) is 0 Å². The maximum Gasteiger partial charge on any atom is 0.320 e. The average Bonchev–Trinajstić information content (AvgIpc) is 2.64. The summed E-state index contributed by atoms with van der Waals surface area (Å²) >= 11 is 0. The van der Waals surface area contributed by atoms with E-state index >= 15 is 0 Å². The number of carbonyl (C=O) groups is 1. The molecule has 0 bridgehead atoms. The molecule has 5 nitrogen and oxygen atoms in total. The molecule has 0 aromatic rings. The van der Waals surface area contributed by atoms with Crippen molar-refractivity contribution in [1.82, 2.24) is 10.2 Å². The van der Waals surface area contributed by atoms with Gasteiger partial charge in [-0.1, -0.05) is 0 Å². The van der Waals surface area contributed by atoms with Crippen molar-refractivity contribution in [2.45, 2.75) is 76.7 Å². The third-order valence-corrected chi connectivity index (χ3v) is 4.15. The molecule has 2 saturated heterocycles. The van der Waals surface area contributed by atoms with E-state index in [4.69, 9.17) is 10.5 Å². The van der Waals surface area contributed by atoms with Crippen LogP contribution in [0.1, 0.15) is 53.4 Å². The molecule has 110 valence electrons. The SMILES string of the molecule is CC1(C)CC(N)CC(C)(C)N1C(=O)NC1CCCO1. The van der Waals surface area contributed by atoms with E-state index in [9.17, 15) is 4.79 Å². The van der Waals surface area contributed by atoms with E-state index in [1.165, 1.54) is 0 Å².